The normalized spacial score (nSPS) is 15.7. The van der Waals surface area contributed by atoms with Crippen molar-refractivity contribution < 1.29 is 13.9 Å². The van der Waals surface area contributed by atoms with Crippen molar-refractivity contribution in [2.24, 2.45) is 5.92 Å². The smallest absolute Gasteiger partial charge is 0.224 e. The second kappa shape index (κ2) is 11.3. The van der Waals surface area contributed by atoms with Gasteiger partial charge in [0.15, 0.2) is 0 Å². The minimum Gasteiger partial charge on any atom is -0.492 e. The molecule has 0 spiro atoms. The summed E-state index contributed by atoms with van der Waals surface area (Å²) in [6, 6.07) is 19.0. The highest BCUT2D eigenvalue weighted by atomic mass is 35.5. The molecule has 1 aliphatic rings. The number of nitrogens with one attached hydrogen (secondary N) is 1. The van der Waals surface area contributed by atoms with Gasteiger partial charge in [-0.15, -0.1) is 0 Å². The van der Waals surface area contributed by atoms with E-state index in [1.165, 1.54) is 12.1 Å². The van der Waals surface area contributed by atoms with Crippen LogP contribution < -0.4 is 10.1 Å². The van der Waals surface area contributed by atoms with Gasteiger partial charge in [-0.3, -0.25) is 14.7 Å². The van der Waals surface area contributed by atoms with Gasteiger partial charge < -0.3 is 10.1 Å². The molecule has 0 unspecified atom stereocenters. The van der Waals surface area contributed by atoms with Gasteiger partial charge in [-0.25, -0.2) is 4.39 Å². The van der Waals surface area contributed by atoms with Crippen LogP contribution in [0.3, 0.4) is 0 Å². The topological polar surface area (TPSA) is 54.5 Å². The molecule has 4 rings (SSSR count). The van der Waals surface area contributed by atoms with Gasteiger partial charge >= 0.3 is 0 Å². The molecule has 0 bridgehead atoms. The van der Waals surface area contributed by atoms with Crippen LogP contribution in [0.25, 0.3) is 0 Å². The zero-order valence-corrected chi connectivity index (χ0v) is 19.0. The van der Waals surface area contributed by atoms with Crippen molar-refractivity contribution in [2.75, 3.05) is 26.2 Å². The molecule has 1 fully saturated rings. The number of likely N-dealkylation sites (tertiary alicyclic amines) is 1. The number of amides is 1. The first-order valence-electron chi connectivity index (χ1n) is 11.2. The van der Waals surface area contributed by atoms with Crippen molar-refractivity contribution >= 4 is 17.5 Å². The Morgan fingerprint density at radius 3 is 2.61 bits per heavy atom. The summed E-state index contributed by atoms with van der Waals surface area (Å²) in [6.07, 6.45) is 3.29. The maximum Gasteiger partial charge on any atom is 0.224 e. The lowest BCUT2D eigenvalue weighted by Crippen LogP contribution is -2.42. The fraction of sp³-hybridized carbons (Fsp3) is 0.308. The second-order valence-corrected chi connectivity index (χ2v) is 8.61. The van der Waals surface area contributed by atoms with Crippen LogP contribution in [0.4, 0.5) is 4.39 Å². The molecule has 1 aliphatic heterocycles. The van der Waals surface area contributed by atoms with Crippen LogP contribution >= 0.6 is 11.6 Å². The number of carbonyl (C=O) groups is 1. The number of aromatic nitrogens is 1. The van der Waals surface area contributed by atoms with E-state index >= 15 is 0 Å². The predicted octanol–water partition coefficient (Wildman–Crippen LogP) is 4.87. The Labute approximate surface area is 198 Å². The number of hydrogen-bond acceptors (Lipinski definition) is 4. The van der Waals surface area contributed by atoms with Crippen LogP contribution in [0.2, 0.25) is 5.02 Å². The third kappa shape index (κ3) is 6.53. The highest BCUT2D eigenvalue weighted by Crippen LogP contribution is 2.25. The molecule has 1 aromatic heterocycles. The summed E-state index contributed by atoms with van der Waals surface area (Å²) < 4.78 is 18.9. The van der Waals surface area contributed by atoms with Gasteiger partial charge in [0.25, 0.3) is 0 Å². The molecule has 1 saturated heterocycles. The number of piperidine rings is 1. The first-order valence-corrected chi connectivity index (χ1v) is 11.5. The Morgan fingerprint density at radius 1 is 1.12 bits per heavy atom. The minimum atomic E-state index is -0.325. The van der Waals surface area contributed by atoms with Crippen molar-refractivity contribution in [1.29, 1.82) is 0 Å². The SMILES string of the molecule is O=C(N[C@@H](c1ccc(Cl)cc1)c1ccccn1)C1CCN(CCOc2cccc(F)c2)CC1. The third-order valence-electron chi connectivity index (χ3n) is 5.90. The van der Waals surface area contributed by atoms with E-state index in [2.05, 4.69) is 15.2 Å². The molecule has 7 heteroatoms. The van der Waals surface area contributed by atoms with Gasteiger partial charge in [0.2, 0.25) is 5.91 Å². The minimum absolute atomic E-state index is 0.0382. The Balaban J connectivity index is 1.30. The Kier molecular flexibility index (Phi) is 7.92. The molecule has 2 aromatic carbocycles. The highest BCUT2D eigenvalue weighted by Gasteiger charge is 2.27. The summed E-state index contributed by atoms with van der Waals surface area (Å²) in [7, 11) is 0. The molecule has 2 heterocycles. The molecule has 0 aliphatic carbocycles. The summed E-state index contributed by atoms with van der Waals surface area (Å²) in [5, 5.41) is 3.85. The van der Waals surface area contributed by atoms with Crippen LogP contribution in [0.15, 0.2) is 72.9 Å². The molecule has 1 atom stereocenters. The highest BCUT2D eigenvalue weighted by molar-refractivity contribution is 6.30. The number of carbonyl (C=O) groups excluding carboxylic acids is 1. The zero-order chi connectivity index (χ0) is 23.0. The Hall–Kier alpha value is -2.96. The van der Waals surface area contributed by atoms with Gasteiger partial charge in [0.05, 0.1) is 11.7 Å². The van der Waals surface area contributed by atoms with Crippen LogP contribution in [-0.4, -0.2) is 42.0 Å². The van der Waals surface area contributed by atoms with E-state index in [-0.39, 0.29) is 23.7 Å². The summed E-state index contributed by atoms with van der Waals surface area (Å²) in [6.45, 7) is 2.87. The zero-order valence-electron chi connectivity index (χ0n) is 18.3. The molecule has 172 valence electrons. The Morgan fingerprint density at radius 2 is 1.91 bits per heavy atom. The predicted molar refractivity (Wildman–Crippen MR) is 127 cm³/mol. The molecule has 0 saturated carbocycles. The lowest BCUT2D eigenvalue weighted by molar-refractivity contribution is -0.127. The third-order valence-corrected chi connectivity index (χ3v) is 6.16. The van der Waals surface area contributed by atoms with E-state index in [4.69, 9.17) is 16.3 Å². The summed E-state index contributed by atoms with van der Waals surface area (Å²) in [5.41, 5.74) is 1.73. The van der Waals surface area contributed by atoms with Crippen molar-refractivity contribution in [2.45, 2.75) is 18.9 Å². The van der Waals surface area contributed by atoms with Crippen molar-refractivity contribution in [1.82, 2.24) is 15.2 Å². The number of rotatable bonds is 8. The van der Waals surface area contributed by atoms with E-state index in [1.54, 1.807) is 18.3 Å². The average Bonchev–Trinajstić information content (AvgIpc) is 2.84. The second-order valence-electron chi connectivity index (χ2n) is 8.17. The first kappa shape index (κ1) is 23.2. The van der Waals surface area contributed by atoms with Gasteiger partial charge in [0, 0.05) is 29.7 Å². The van der Waals surface area contributed by atoms with Gasteiger partial charge in [-0.2, -0.15) is 0 Å². The first-order chi connectivity index (χ1) is 16.1. The molecular weight excluding hydrogens is 441 g/mol. The van der Waals surface area contributed by atoms with E-state index in [9.17, 15) is 9.18 Å². The fourth-order valence-corrected chi connectivity index (χ4v) is 4.18. The van der Waals surface area contributed by atoms with Crippen molar-refractivity contribution in [3.63, 3.8) is 0 Å². The lowest BCUT2D eigenvalue weighted by Gasteiger charge is -2.32. The maximum atomic E-state index is 13.3. The van der Waals surface area contributed by atoms with E-state index in [1.807, 2.05) is 42.5 Å². The van der Waals surface area contributed by atoms with Crippen LogP contribution in [0.1, 0.15) is 30.1 Å². The number of pyridine rings is 1. The summed E-state index contributed by atoms with van der Waals surface area (Å²) in [4.78, 5) is 19.9. The number of benzene rings is 2. The molecule has 1 N–H and O–H groups in total. The quantitative estimate of drug-likeness (QED) is 0.513. The lowest BCUT2D eigenvalue weighted by atomic mass is 9.94. The van der Waals surface area contributed by atoms with Gasteiger partial charge in [0.1, 0.15) is 18.2 Å². The standard InChI is InChI=1S/C26H27ClFN3O2/c27-21-9-7-19(8-10-21)25(24-6-1-2-13-29-24)30-26(32)20-11-14-31(15-12-20)16-17-33-23-5-3-4-22(28)18-23/h1-10,13,18,20,25H,11-12,14-17H2,(H,30,32)/t25-/m0/s1. The monoisotopic (exact) mass is 467 g/mol. The number of nitrogens with zero attached hydrogens (tertiary/aromatic N) is 2. The number of ether oxygens (including phenoxy) is 1. The van der Waals surface area contributed by atoms with Crippen LogP contribution in [0.5, 0.6) is 5.75 Å². The maximum absolute atomic E-state index is 13.3. The summed E-state index contributed by atoms with van der Waals surface area (Å²) in [5.74, 6) is 0.217. The van der Waals surface area contributed by atoms with Gasteiger partial charge in [-0.05, 0) is 67.9 Å². The van der Waals surface area contributed by atoms with Crippen LogP contribution in [0, 0.1) is 11.7 Å². The fourth-order valence-electron chi connectivity index (χ4n) is 4.06. The molecule has 3 aromatic rings. The average molecular weight is 468 g/mol. The van der Waals surface area contributed by atoms with E-state index in [0.29, 0.717) is 17.4 Å². The molecule has 5 nitrogen and oxygen atoms in total. The van der Waals surface area contributed by atoms with E-state index < -0.39 is 0 Å². The summed E-state index contributed by atoms with van der Waals surface area (Å²) >= 11 is 6.05. The largest absolute Gasteiger partial charge is 0.492 e. The van der Waals surface area contributed by atoms with E-state index in [0.717, 1.165) is 43.7 Å². The number of hydrogen-bond donors (Lipinski definition) is 1. The molecule has 1 amide bonds. The molecular formula is C26H27ClFN3O2. The van der Waals surface area contributed by atoms with Crippen molar-refractivity contribution in [3.8, 4) is 5.75 Å². The van der Waals surface area contributed by atoms with Crippen LogP contribution in [-0.2, 0) is 4.79 Å². The van der Waals surface area contributed by atoms with Gasteiger partial charge in [-0.1, -0.05) is 35.9 Å². The van der Waals surface area contributed by atoms with Crippen molar-refractivity contribution in [3.05, 3.63) is 95.0 Å². The molecule has 0 radical (unpaired) electrons. The Bertz CT molecular complexity index is 1040. The number of halogens is 2. The molecule has 33 heavy (non-hydrogen) atoms.